The number of carbonyl (C=O) groups is 1. The van der Waals surface area contributed by atoms with Crippen LogP contribution in [0.15, 0.2) is 36.7 Å². The van der Waals surface area contributed by atoms with Gasteiger partial charge in [0, 0.05) is 31.4 Å². The van der Waals surface area contributed by atoms with Crippen LogP contribution in [0.2, 0.25) is 0 Å². The molecular weight excluding hydrogens is 378 g/mol. The molecule has 3 heterocycles. The number of anilines is 1. The minimum absolute atomic E-state index is 0.256. The number of benzene rings is 1. The van der Waals surface area contributed by atoms with Crippen molar-refractivity contribution in [3.63, 3.8) is 0 Å². The van der Waals surface area contributed by atoms with E-state index in [1.165, 1.54) is 16.8 Å². The van der Waals surface area contributed by atoms with E-state index >= 15 is 0 Å². The van der Waals surface area contributed by atoms with E-state index in [2.05, 4.69) is 20.7 Å². The van der Waals surface area contributed by atoms with E-state index in [4.69, 9.17) is 0 Å². The quantitative estimate of drug-likeness (QED) is 0.621. The van der Waals surface area contributed by atoms with Gasteiger partial charge in [-0.2, -0.15) is 5.10 Å². The van der Waals surface area contributed by atoms with Gasteiger partial charge in [0.25, 0.3) is 5.91 Å². The lowest BCUT2D eigenvalue weighted by Crippen LogP contribution is -2.30. The second-order valence-corrected chi connectivity index (χ2v) is 6.99. The summed E-state index contributed by atoms with van der Waals surface area (Å²) >= 11 is 0. The van der Waals surface area contributed by atoms with Gasteiger partial charge in [0.2, 0.25) is 0 Å². The molecule has 0 saturated carbocycles. The molecule has 2 aromatic heterocycles. The maximum Gasteiger partial charge on any atom is 0.256 e. The third-order valence-electron chi connectivity index (χ3n) is 5.12. The minimum atomic E-state index is -0.465. The van der Waals surface area contributed by atoms with Crippen LogP contribution in [0, 0.1) is 11.6 Å². The minimum Gasteiger partial charge on any atom is -0.351 e. The van der Waals surface area contributed by atoms with Crippen LogP contribution in [0.5, 0.6) is 0 Å². The van der Waals surface area contributed by atoms with Gasteiger partial charge in [-0.15, -0.1) is 0 Å². The van der Waals surface area contributed by atoms with Crippen molar-refractivity contribution in [2.24, 2.45) is 0 Å². The van der Waals surface area contributed by atoms with Gasteiger partial charge < -0.3 is 15.5 Å². The lowest BCUT2D eigenvalue weighted by molar-refractivity contribution is 0.0955. The molecule has 29 heavy (non-hydrogen) atoms. The van der Waals surface area contributed by atoms with Crippen LogP contribution in [0.25, 0.3) is 5.65 Å². The highest BCUT2D eigenvalue weighted by Crippen LogP contribution is 2.36. The fraction of sp³-hybridized carbons (Fsp3) is 0.350. The van der Waals surface area contributed by atoms with Crippen LogP contribution >= 0.6 is 0 Å². The number of likely N-dealkylation sites (N-methyl/N-ethyl adjacent to an activating group) is 1. The molecule has 9 heteroatoms. The van der Waals surface area contributed by atoms with Crippen molar-refractivity contribution in [3.05, 3.63) is 59.4 Å². The summed E-state index contributed by atoms with van der Waals surface area (Å²) in [7, 11) is 1.81. The zero-order valence-corrected chi connectivity index (χ0v) is 16.0. The summed E-state index contributed by atoms with van der Waals surface area (Å²) in [5, 5.41) is 9.97. The number of fused-ring (bicyclic) bond motifs is 1. The Bertz CT molecular complexity index is 1040. The monoisotopic (exact) mass is 400 g/mol. The number of halogens is 2. The number of aromatic nitrogens is 3. The largest absolute Gasteiger partial charge is 0.351 e. The number of hydrogen-bond donors (Lipinski definition) is 2. The smallest absolute Gasteiger partial charge is 0.256 e. The highest BCUT2D eigenvalue weighted by Gasteiger charge is 2.30. The lowest BCUT2D eigenvalue weighted by Gasteiger charge is -2.26. The molecule has 1 aliphatic heterocycles. The normalized spacial score (nSPS) is 16.5. The molecule has 1 amide bonds. The van der Waals surface area contributed by atoms with Crippen LogP contribution in [-0.4, -0.2) is 47.2 Å². The number of nitrogens with zero attached hydrogens (tertiary/aromatic N) is 4. The molecule has 2 N–H and O–H groups in total. The van der Waals surface area contributed by atoms with E-state index in [1.54, 1.807) is 12.3 Å². The summed E-state index contributed by atoms with van der Waals surface area (Å²) in [4.78, 5) is 19.0. The highest BCUT2D eigenvalue weighted by molar-refractivity contribution is 5.99. The average Bonchev–Trinajstić information content (AvgIpc) is 3.36. The number of amides is 1. The number of carbonyl (C=O) groups excluding carboxylic acids is 1. The summed E-state index contributed by atoms with van der Waals surface area (Å²) in [6, 6.07) is 4.99. The first-order valence-corrected chi connectivity index (χ1v) is 9.57. The molecule has 152 valence electrons. The second-order valence-electron chi connectivity index (χ2n) is 6.99. The molecule has 0 spiro atoms. The molecule has 1 aliphatic rings. The van der Waals surface area contributed by atoms with E-state index in [0.29, 0.717) is 48.6 Å². The maximum atomic E-state index is 14.3. The van der Waals surface area contributed by atoms with Gasteiger partial charge in [-0.3, -0.25) is 4.79 Å². The number of hydrogen-bond acceptors (Lipinski definition) is 5. The van der Waals surface area contributed by atoms with Gasteiger partial charge in [-0.1, -0.05) is 0 Å². The summed E-state index contributed by atoms with van der Waals surface area (Å²) < 4.78 is 29.6. The van der Waals surface area contributed by atoms with Crippen molar-refractivity contribution in [2.45, 2.75) is 18.9 Å². The maximum absolute atomic E-state index is 14.3. The highest BCUT2D eigenvalue weighted by atomic mass is 19.1. The zero-order chi connectivity index (χ0) is 20.4. The molecule has 1 saturated heterocycles. The van der Waals surface area contributed by atoms with Gasteiger partial charge in [0.15, 0.2) is 5.65 Å². The van der Waals surface area contributed by atoms with E-state index in [-0.39, 0.29) is 11.9 Å². The Morgan fingerprint density at radius 2 is 2.14 bits per heavy atom. The average molecular weight is 400 g/mol. The van der Waals surface area contributed by atoms with E-state index < -0.39 is 11.6 Å². The van der Waals surface area contributed by atoms with Crippen LogP contribution in [0.4, 0.5) is 14.6 Å². The summed E-state index contributed by atoms with van der Waals surface area (Å²) in [6.45, 7) is 1.80. The van der Waals surface area contributed by atoms with Gasteiger partial charge >= 0.3 is 0 Å². The van der Waals surface area contributed by atoms with Gasteiger partial charge in [-0.25, -0.2) is 18.3 Å². The Hall–Kier alpha value is -3.07. The van der Waals surface area contributed by atoms with Crippen LogP contribution < -0.4 is 15.5 Å². The molecule has 0 aliphatic carbocycles. The molecule has 0 bridgehead atoms. The Labute approximate surface area is 166 Å². The number of rotatable bonds is 6. The molecule has 1 atom stereocenters. The zero-order valence-electron chi connectivity index (χ0n) is 16.0. The van der Waals surface area contributed by atoms with Crippen LogP contribution in [-0.2, 0) is 0 Å². The Balaban J connectivity index is 1.65. The van der Waals surface area contributed by atoms with E-state index in [0.717, 1.165) is 18.6 Å². The Kier molecular flexibility index (Phi) is 5.39. The summed E-state index contributed by atoms with van der Waals surface area (Å²) in [5.74, 6) is -0.547. The van der Waals surface area contributed by atoms with Crippen LogP contribution in [0.1, 0.15) is 34.8 Å². The van der Waals surface area contributed by atoms with Crippen molar-refractivity contribution in [2.75, 3.05) is 31.6 Å². The molecule has 1 unspecified atom stereocenters. The predicted octanol–water partition coefficient (Wildman–Crippen LogP) is 2.30. The first-order chi connectivity index (χ1) is 14.1. The summed E-state index contributed by atoms with van der Waals surface area (Å²) in [5.41, 5.74) is 1.12. The number of nitrogens with one attached hydrogen (secondary N) is 2. The van der Waals surface area contributed by atoms with Crippen molar-refractivity contribution in [1.29, 1.82) is 0 Å². The first kappa shape index (κ1) is 19.3. The lowest BCUT2D eigenvalue weighted by atomic mass is 10.0. The Morgan fingerprint density at radius 3 is 2.97 bits per heavy atom. The molecule has 3 aromatic rings. The molecule has 1 aromatic carbocycles. The molecule has 7 nitrogen and oxygen atoms in total. The van der Waals surface area contributed by atoms with Crippen molar-refractivity contribution < 1.29 is 13.6 Å². The molecule has 0 radical (unpaired) electrons. The molecule has 4 rings (SSSR count). The van der Waals surface area contributed by atoms with E-state index in [9.17, 15) is 13.6 Å². The molecule has 1 fully saturated rings. The fourth-order valence-corrected chi connectivity index (χ4v) is 3.71. The third-order valence-corrected chi connectivity index (χ3v) is 5.12. The third kappa shape index (κ3) is 3.77. The topological polar surface area (TPSA) is 74.6 Å². The summed E-state index contributed by atoms with van der Waals surface area (Å²) in [6.07, 6.45) is 4.74. The van der Waals surface area contributed by atoms with Crippen molar-refractivity contribution in [1.82, 2.24) is 25.2 Å². The van der Waals surface area contributed by atoms with Gasteiger partial charge in [0.05, 0.1) is 12.2 Å². The van der Waals surface area contributed by atoms with Gasteiger partial charge in [0.1, 0.15) is 23.0 Å². The van der Waals surface area contributed by atoms with Crippen molar-refractivity contribution >= 4 is 17.4 Å². The SMILES string of the molecule is CNCCNC(=O)c1cnn2ccc(N3CCCC3c3cc(F)ccc3F)nc12. The standard InChI is InChI=1S/C20H22F2N6O/c1-23-7-8-24-20(29)15-12-25-28-10-6-18(26-19(15)28)27-9-2-3-17(27)14-11-13(21)4-5-16(14)22/h4-6,10-12,17,23H,2-3,7-9H2,1H3,(H,24,29). The van der Waals surface area contributed by atoms with Gasteiger partial charge in [-0.05, 0) is 44.2 Å². The predicted molar refractivity (Wildman–Crippen MR) is 105 cm³/mol. The fourth-order valence-electron chi connectivity index (χ4n) is 3.71. The van der Waals surface area contributed by atoms with E-state index in [1.807, 2.05) is 11.9 Å². The first-order valence-electron chi connectivity index (χ1n) is 9.57. The van der Waals surface area contributed by atoms with Crippen molar-refractivity contribution in [3.8, 4) is 0 Å². The Morgan fingerprint density at radius 1 is 1.28 bits per heavy atom. The second kappa shape index (κ2) is 8.12. The molecular formula is C20H22F2N6O. The van der Waals surface area contributed by atoms with Crippen LogP contribution in [0.3, 0.4) is 0 Å².